The Morgan fingerprint density at radius 1 is 1.39 bits per heavy atom. The zero-order chi connectivity index (χ0) is 16.4. The van der Waals surface area contributed by atoms with Crippen LogP contribution in [0, 0.1) is 0 Å². The van der Waals surface area contributed by atoms with Crippen molar-refractivity contribution in [2.45, 2.75) is 5.60 Å². The molecule has 122 valence electrons. The molecule has 1 aromatic rings. The fraction of sp³-hybridized carbons (Fsp3) is 0.417. The maximum atomic E-state index is 11.9. The molecule has 2 saturated heterocycles. The van der Waals surface area contributed by atoms with E-state index in [9.17, 15) is 9.59 Å². The van der Waals surface area contributed by atoms with Crippen LogP contribution in [-0.4, -0.2) is 65.4 Å². The molecule has 11 heteroatoms. The first-order chi connectivity index (χ1) is 11.1. The average molecular weight is 323 g/mol. The van der Waals surface area contributed by atoms with Crippen molar-refractivity contribution in [2.24, 2.45) is 0 Å². The summed E-state index contributed by atoms with van der Waals surface area (Å²) in [5.41, 5.74) is -0.464. The van der Waals surface area contributed by atoms with E-state index in [1.54, 1.807) is 0 Å². The second kappa shape index (κ2) is 5.68. The lowest BCUT2D eigenvalue weighted by Crippen LogP contribution is -2.61. The molecule has 0 unspecified atom stereocenters. The van der Waals surface area contributed by atoms with Crippen LogP contribution in [0.1, 0.15) is 0 Å². The number of amides is 2. The molecule has 23 heavy (non-hydrogen) atoms. The molecule has 0 atom stereocenters. The predicted molar refractivity (Wildman–Crippen MR) is 74.3 cm³/mol. The van der Waals surface area contributed by atoms with Crippen molar-refractivity contribution < 1.29 is 29.0 Å². The molecule has 4 rings (SSSR count). The zero-order valence-electron chi connectivity index (χ0n) is 11.8. The number of hydrogen-bond acceptors (Lipinski definition) is 8. The monoisotopic (exact) mass is 323 g/mol. The number of anilines is 2. The number of carbonyl (C=O) groups is 3. The van der Waals surface area contributed by atoms with Gasteiger partial charge in [-0.25, -0.2) is 14.8 Å². The van der Waals surface area contributed by atoms with Crippen LogP contribution in [0.4, 0.5) is 16.4 Å². The number of carboxylic acid groups (broad SMARTS) is 1. The Morgan fingerprint density at radius 3 is 2.74 bits per heavy atom. The van der Waals surface area contributed by atoms with Crippen LogP contribution in [0.15, 0.2) is 6.20 Å². The second-order valence-corrected chi connectivity index (χ2v) is 5.06. The Balaban J connectivity index is 0.000000485. The van der Waals surface area contributed by atoms with Crippen LogP contribution in [0.25, 0.3) is 0 Å². The molecule has 3 aliphatic rings. The molecular formula is C12H13N5O6. The zero-order valence-corrected chi connectivity index (χ0v) is 11.8. The topological polar surface area (TPSA) is 143 Å². The first-order valence-corrected chi connectivity index (χ1v) is 6.66. The minimum absolute atomic E-state index is 0.0818. The lowest BCUT2D eigenvalue weighted by molar-refractivity contribution is -0.123. The molecule has 3 aliphatic heterocycles. The molecule has 2 amide bonds. The van der Waals surface area contributed by atoms with Gasteiger partial charge in [0.05, 0.1) is 12.7 Å². The summed E-state index contributed by atoms with van der Waals surface area (Å²) in [6.45, 7) is 1.35. The third-order valence-electron chi connectivity index (χ3n) is 3.47. The van der Waals surface area contributed by atoms with Crippen LogP contribution < -0.4 is 20.3 Å². The van der Waals surface area contributed by atoms with Gasteiger partial charge >= 0.3 is 6.09 Å². The SMILES string of the molecule is O=C1COc2ncc(N3CC4(CNC4)OC3=O)nc2N1.O=CO. The number of aromatic nitrogens is 2. The molecule has 4 heterocycles. The Morgan fingerprint density at radius 2 is 2.13 bits per heavy atom. The van der Waals surface area contributed by atoms with E-state index in [-0.39, 0.29) is 30.7 Å². The molecule has 0 saturated carbocycles. The first kappa shape index (κ1) is 15.0. The van der Waals surface area contributed by atoms with E-state index in [1.165, 1.54) is 11.1 Å². The summed E-state index contributed by atoms with van der Waals surface area (Å²) in [7, 11) is 0. The van der Waals surface area contributed by atoms with E-state index in [0.29, 0.717) is 25.5 Å². The van der Waals surface area contributed by atoms with Crippen molar-refractivity contribution in [3.63, 3.8) is 0 Å². The number of carbonyl (C=O) groups excluding carboxylic acids is 2. The quantitative estimate of drug-likeness (QED) is 0.543. The third kappa shape index (κ3) is 2.73. The maximum absolute atomic E-state index is 11.9. The number of nitrogens with zero attached hydrogens (tertiary/aromatic N) is 3. The highest BCUT2D eigenvalue weighted by Gasteiger charge is 2.50. The summed E-state index contributed by atoms with van der Waals surface area (Å²) in [6, 6.07) is 0. The molecule has 11 nitrogen and oxygen atoms in total. The van der Waals surface area contributed by atoms with Crippen LogP contribution in [0.5, 0.6) is 5.88 Å². The van der Waals surface area contributed by atoms with Gasteiger partial charge in [-0.15, -0.1) is 0 Å². The van der Waals surface area contributed by atoms with E-state index < -0.39 is 11.7 Å². The second-order valence-electron chi connectivity index (χ2n) is 5.06. The number of ether oxygens (including phenoxy) is 2. The highest BCUT2D eigenvalue weighted by atomic mass is 16.6. The molecule has 0 bridgehead atoms. The number of fused-ring (bicyclic) bond motifs is 1. The summed E-state index contributed by atoms with van der Waals surface area (Å²) in [6.07, 6.45) is 0.978. The van der Waals surface area contributed by atoms with Gasteiger partial charge in [0.2, 0.25) is 0 Å². The molecule has 0 aliphatic carbocycles. The van der Waals surface area contributed by atoms with Gasteiger partial charge in [-0.1, -0.05) is 0 Å². The predicted octanol–water partition coefficient (Wildman–Crippen LogP) is -1.19. The standard InChI is InChI=1S/C11H11N5O4.CH2O2/c17-7-2-19-9-8(15-7)14-6(1-13-9)16-5-11(3-12-4-11)20-10(16)18;2-1-3/h1,12H,2-5H2,(H,14,15,17);1H,(H,2,3). The summed E-state index contributed by atoms with van der Waals surface area (Å²) >= 11 is 0. The van der Waals surface area contributed by atoms with E-state index in [0.717, 1.165) is 0 Å². The largest absolute Gasteiger partial charge is 0.483 e. The van der Waals surface area contributed by atoms with Crippen LogP contribution in [-0.2, 0) is 14.3 Å². The molecule has 3 N–H and O–H groups in total. The van der Waals surface area contributed by atoms with Crippen molar-refractivity contribution >= 4 is 30.1 Å². The van der Waals surface area contributed by atoms with Crippen molar-refractivity contribution in [2.75, 3.05) is 36.5 Å². The van der Waals surface area contributed by atoms with Crippen molar-refractivity contribution in [1.29, 1.82) is 0 Å². The van der Waals surface area contributed by atoms with E-state index >= 15 is 0 Å². The number of nitrogens with one attached hydrogen (secondary N) is 2. The van der Waals surface area contributed by atoms with Crippen molar-refractivity contribution in [3.8, 4) is 5.88 Å². The molecule has 0 aromatic carbocycles. The average Bonchev–Trinajstić information content (AvgIpc) is 2.85. The van der Waals surface area contributed by atoms with Gasteiger partial charge in [-0.3, -0.25) is 14.5 Å². The van der Waals surface area contributed by atoms with Gasteiger partial charge in [0, 0.05) is 13.1 Å². The van der Waals surface area contributed by atoms with Crippen LogP contribution in [0.2, 0.25) is 0 Å². The molecular weight excluding hydrogens is 310 g/mol. The highest BCUT2D eigenvalue weighted by molar-refractivity contribution is 5.94. The minimum atomic E-state index is -0.464. The summed E-state index contributed by atoms with van der Waals surface area (Å²) in [5.74, 6) is 0.510. The van der Waals surface area contributed by atoms with Crippen LogP contribution in [0.3, 0.4) is 0 Å². The Hall–Kier alpha value is -2.95. The fourth-order valence-corrected chi connectivity index (χ4v) is 2.38. The number of hydrogen-bond donors (Lipinski definition) is 3. The van der Waals surface area contributed by atoms with Crippen molar-refractivity contribution in [1.82, 2.24) is 15.3 Å². The molecule has 1 aromatic heterocycles. The number of rotatable bonds is 1. The Labute approximate surface area is 129 Å². The lowest BCUT2D eigenvalue weighted by Gasteiger charge is -2.36. The van der Waals surface area contributed by atoms with Gasteiger partial charge < -0.3 is 25.2 Å². The van der Waals surface area contributed by atoms with E-state index in [2.05, 4.69) is 20.6 Å². The van der Waals surface area contributed by atoms with Gasteiger partial charge in [0.1, 0.15) is 0 Å². The van der Waals surface area contributed by atoms with Gasteiger partial charge in [-0.05, 0) is 0 Å². The first-order valence-electron chi connectivity index (χ1n) is 6.66. The molecule has 1 spiro atoms. The smallest absolute Gasteiger partial charge is 0.416 e. The summed E-state index contributed by atoms with van der Waals surface area (Å²) in [5, 5.41) is 12.5. The fourth-order valence-electron chi connectivity index (χ4n) is 2.38. The van der Waals surface area contributed by atoms with Crippen LogP contribution >= 0.6 is 0 Å². The lowest BCUT2D eigenvalue weighted by atomic mass is 9.97. The normalized spacial score (nSPS) is 20.3. The Bertz CT molecular complexity index is 661. The van der Waals surface area contributed by atoms with Gasteiger partial charge in [0.15, 0.2) is 23.8 Å². The van der Waals surface area contributed by atoms with E-state index in [4.69, 9.17) is 19.4 Å². The molecule has 2 fully saturated rings. The van der Waals surface area contributed by atoms with E-state index in [1.807, 2.05) is 0 Å². The molecule has 0 radical (unpaired) electrons. The summed E-state index contributed by atoms with van der Waals surface area (Å²) < 4.78 is 10.5. The maximum Gasteiger partial charge on any atom is 0.416 e. The highest BCUT2D eigenvalue weighted by Crippen LogP contribution is 2.32. The Kier molecular flexibility index (Phi) is 3.70. The minimum Gasteiger partial charge on any atom is -0.483 e. The van der Waals surface area contributed by atoms with Crippen molar-refractivity contribution in [3.05, 3.63) is 6.20 Å². The summed E-state index contributed by atoms with van der Waals surface area (Å²) in [4.78, 5) is 41.2. The third-order valence-corrected chi connectivity index (χ3v) is 3.47. The van der Waals surface area contributed by atoms with Gasteiger partial charge in [0.25, 0.3) is 18.3 Å². The van der Waals surface area contributed by atoms with Gasteiger partial charge in [-0.2, -0.15) is 0 Å².